The number of rotatable bonds is 9. The third kappa shape index (κ3) is 10.9. The molecule has 0 saturated carbocycles. The SMILES string of the molecule is CCCCNOC(=O)/C=C/C(=O)NCCCC. The Labute approximate surface area is 103 Å². The van der Waals surface area contributed by atoms with Crippen molar-refractivity contribution in [1.29, 1.82) is 0 Å². The highest BCUT2D eigenvalue weighted by molar-refractivity contribution is 5.94. The molecule has 0 aromatic carbocycles. The van der Waals surface area contributed by atoms with Gasteiger partial charge in [0.05, 0.1) is 0 Å². The third-order valence-corrected chi connectivity index (χ3v) is 2.01. The number of carbonyl (C=O) groups excluding carboxylic acids is 2. The fraction of sp³-hybridized carbons (Fsp3) is 0.667. The maximum Gasteiger partial charge on any atom is 0.349 e. The van der Waals surface area contributed by atoms with E-state index >= 15 is 0 Å². The van der Waals surface area contributed by atoms with Crippen molar-refractivity contribution in [1.82, 2.24) is 10.8 Å². The third-order valence-electron chi connectivity index (χ3n) is 2.01. The molecule has 2 N–H and O–H groups in total. The molecule has 0 aliphatic rings. The molecule has 0 radical (unpaired) electrons. The fourth-order valence-electron chi connectivity index (χ4n) is 0.996. The van der Waals surface area contributed by atoms with Crippen molar-refractivity contribution in [3.8, 4) is 0 Å². The van der Waals surface area contributed by atoms with E-state index in [1.165, 1.54) is 6.08 Å². The molecule has 0 fully saturated rings. The van der Waals surface area contributed by atoms with Gasteiger partial charge in [0.2, 0.25) is 5.91 Å². The van der Waals surface area contributed by atoms with Crippen LogP contribution in [0.1, 0.15) is 39.5 Å². The first kappa shape index (κ1) is 15.6. The van der Waals surface area contributed by atoms with Gasteiger partial charge < -0.3 is 10.2 Å². The minimum atomic E-state index is -0.563. The summed E-state index contributed by atoms with van der Waals surface area (Å²) in [5, 5.41) is 2.66. The van der Waals surface area contributed by atoms with Crippen molar-refractivity contribution in [3.63, 3.8) is 0 Å². The van der Waals surface area contributed by atoms with Gasteiger partial charge in [-0.1, -0.05) is 26.7 Å². The largest absolute Gasteiger partial charge is 0.367 e. The molecule has 0 aromatic heterocycles. The highest BCUT2D eigenvalue weighted by atomic mass is 16.7. The number of hydrogen-bond acceptors (Lipinski definition) is 4. The Morgan fingerprint density at radius 2 is 1.71 bits per heavy atom. The molecule has 5 nitrogen and oxygen atoms in total. The van der Waals surface area contributed by atoms with E-state index in [2.05, 4.69) is 15.6 Å². The van der Waals surface area contributed by atoms with Crippen LogP contribution < -0.4 is 10.8 Å². The summed E-state index contributed by atoms with van der Waals surface area (Å²) < 4.78 is 0. The second kappa shape index (κ2) is 11.1. The number of carbonyl (C=O) groups is 2. The molecule has 0 unspecified atom stereocenters. The van der Waals surface area contributed by atoms with Gasteiger partial charge in [-0.15, -0.1) is 0 Å². The Morgan fingerprint density at radius 3 is 2.35 bits per heavy atom. The summed E-state index contributed by atoms with van der Waals surface area (Å²) in [7, 11) is 0. The van der Waals surface area contributed by atoms with Crippen LogP contribution in [0.3, 0.4) is 0 Å². The quantitative estimate of drug-likeness (QED) is 0.363. The van der Waals surface area contributed by atoms with Crippen molar-refractivity contribution >= 4 is 11.9 Å². The van der Waals surface area contributed by atoms with E-state index in [4.69, 9.17) is 0 Å². The van der Waals surface area contributed by atoms with Crippen LogP contribution in [0, 0.1) is 0 Å². The second-order valence-electron chi connectivity index (χ2n) is 3.65. The number of amides is 1. The van der Waals surface area contributed by atoms with Crippen LogP contribution >= 0.6 is 0 Å². The van der Waals surface area contributed by atoms with Crippen LogP contribution in [0.4, 0.5) is 0 Å². The van der Waals surface area contributed by atoms with E-state index in [-0.39, 0.29) is 5.91 Å². The number of unbranched alkanes of at least 4 members (excludes halogenated alkanes) is 2. The first-order valence-corrected chi connectivity index (χ1v) is 6.10. The second-order valence-corrected chi connectivity index (χ2v) is 3.65. The molecule has 0 aliphatic carbocycles. The summed E-state index contributed by atoms with van der Waals surface area (Å²) in [4.78, 5) is 26.9. The molecule has 98 valence electrons. The summed E-state index contributed by atoms with van der Waals surface area (Å²) >= 11 is 0. The van der Waals surface area contributed by atoms with E-state index in [1.54, 1.807) is 0 Å². The topological polar surface area (TPSA) is 67.4 Å². The van der Waals surface area contributed by atoms with Gasteiger partial charge >= 0.3 is 5.97 Å². The summed E-state index contributed by atoms with van der Waals surface area (Å²) in [6.07, 6.45) is 6.21. The molecule has 1 amide bonds. The molecule has 0 rings (SSSR count). The summed E-state index contributed by atoms with van der Waals surface area (Å²) in [5.41, 5.74) is 2.53. The van der Waals surface area contributed by atoms with Crippen LogP contribution in [0.15, 0.2) is 12.2 Å². The monoisotopic (exact) mass is 242 g/mol. The van der Waals surface area contributed by atoms with E-state index < -0.39 is 5.97 Å². The molecule has 0 heterocycles. The van der Waals surface area contributed by atoms with Crippen LogP contribution in [-0.4, -0.2) is 25.0 Å². The van der Waals surface area contributed by atoms with Crippen molar-refractivity contribution < 1.29 is 14.4 Å². The molecule has 0 atom stereocenters. The molecule has 0 aromatic rings. The first-order chi connectivity index (χ1) is 8.20. The molecule has 0 bridgehead atoms. The van der Waals surface area contributed by atoms with E-state index in [0.29, 0.717) is 13.1 Å². The van der Waals surface area contributed by atoms with Crippen LogP contribution in [-0.2, 0) is 14.4 Å². The summed E-state index contributed by atoms with van der Waals surface area (Å²) in [6.45, 7) is 5.34. The Balaban J connectivity index is 3.60. The lowest BCUT2D eigenvalue weighted by molar-refractivity contribution is -0.145. The van der Waals surface area contributed by atoms with Crippen LogP contribution in [0.25, 0.3) is 0 Å². The predicted molar refractivity (Wildman–Crippen MR) is 66.1 cm³/mol. The van der Waals surface area contributed by atoms with Gasteiger partial charge in [-0.05, 0) is 12.8 Å². The predicted octanol–water partition coefficient (Wildman–Crippen LogP) is 1.31. The van der Waals surface area contributed by atoms with Crippen molar-refractivity contribution in [2.75, 3.05) is 13.1 Å². The van der Waals surface area contributed by atoms with Crippen molar-refractivity contribution in [2.24, 2.45) is 0 Å². The first-order valence-electron chi connectivity index (χ1n) is 6.10. The van der Waals surface area contributed by atoms with Gasteiger partial charge in [0.25, 0.3) is 0 Å². The normalized spacial score (nSPS) is 10.5. The smallest absolute Gasteiger partial charge is 0.349 e. The van der Waals surface area contributed by atoms with Crippen molar-refractivity contribution in [2.45, 2.75) is 39.5 Å². The summed E-state index contributed by atoms with van der Waals surface area (Å²) in [5.74, 6) is -0.837. The van der Waals surface area contributed by atoms with Gasteiger partial charge in [-0.25, -0.2) is 4.79 Å². The molecule has 5 heteroatoms. The Kier molecular flexibility index (Phi) is 10.2. The lowest BCUT2D eigenvalue weighted by Crippen LogP contribution is -2.23. The minimum absolute atomic E-state index is 0.274. The van der Waals surface area contributed by atoms with E-state index in [1.807, 2.05) is 13.8 Å². The van der Waals surface area contributed by atoms with E-state index in [0.717, 1.165) is 31.8 Å². The standard InChI is InChI=1S/C12H22N2O3/c1-3-5-9-13-11(15)7-8-12(16)17-14-10-6-4-2/h7-8,14H,3-6,9-10H2,1-2H3,(H,13,15)/b8-7+. The molecule has 0 saturated heterocycles. The van der Waals surface area contributed by atoms with Gasteiger partial charge in [0.1, 0.15) is 0 Å². The van der Waals surface area contributed by atoms with Crippen molar-refractivity contribution in [3.05, 3.63) is 12.2 Å². The lowest BCUT2D eigenvalue weighted by Gasteiger charge is -2.02. The highest BCUT2D eigenvalue weighted by Gasteiger charge is 1.98. The lowest BCUT2D eigenvalue weighted by atomic mass is 10.3. The molecule has 0 aliphatic heterocycles. The molecule has 17 heavy (non-hydrogen) atoms. The van der Waals surface area contributed by atoms with Gasteiger partial charge in [-0.2, -0.15) is 5.48 Å². The number of hydrogen-bond donors (Lipinski definition) is 2. The summed E-state index contributed by atoms with van der Waals surface area (Å²) in [6, 6.07) is 0. The number of hydroxylamine groups is 1. The van der Waals surface area contributed by atoms with Gasteiger partial charge in [-0.3, -0.25) is 4.79 Å². The zero-order valence-corrected chi connectivity index (χ0v) is 10.6. The maximum absolute atomic E-state index is 11.2. The molecular formula is C12H22N2O3. The average molecular weight is 242 g/mol. The Hall–Kier alpha value is -1.36. The molecule has 0 spiro atoms. The Morgan fingerprint density at radius 1 is 1.06 bits per heavy atom. The Bertz CT molecular complexity index is 252. The van der Waals surface area contributed by atoms with Gasteiger partial charge in [0.15, 0.2) is 0 Å². The van der Waals surface area contributed by atoms with Crippen LogP contribution in [0.5, 0.6) is 0 Å². The van der Waals surface area contributed by atoms with E-state index in [9.17, 15) is 9.59 Å². The maximum atomic E-state index is 11.2. The minimum Gasteiger partial charge on any atom is -0.367 e. The molecular weight excluding hydrogens is 220 g/mol. The van der Waals surface area contributed by atoms with Gasteiger partial charge in [0, 0.05) is 25.2 Å². The fourth-order valence-corrected chi connectivity index (χ4v) is 0.996. The van der Waals surface area contributed by atoms with Crippen LogP contribution in [0.2, 0.25) is 0 Å². The average Bonchev–Trinajstić information content (AvgIpc) is 2.32. The zero-order valence-electron chi connectivity index (χ0n) is 10.6. The highest BCUT2D eigenvalue weighted by Crippen LogP contribution is 1.85. The zero-order chi connectivity index (χ0) is 12.9. The number of nitrogens with one attached hydrogen (secondary N) is 2.